The Morgan fingerprint density at radius 3 is 2.76 bits per heavy atom. The van der Waals surface area contributed by atoms with Crippen LogP contribution in [0.25, 0.3) is 5.69 Å². The van der Waals surface area contributed by atoms with Gasteiger partial charge in [0.15, 0.2) is 0 Å². The van der Waals surface area contributed by atoms with E-state index in [4.69, 9.17) is 5.73 Å². The molecule has 1 atom stereocenters. The van der Waals surface area contributed by atoms with Crippen molar-refractivity contribution in [3.63, 3.8) is 0 Å². The summed E-state index contributed by atoms with van der Waals surface area (Å²) in [5.74, 6) is 0.293. The van der Waals surface area contributed by atoms with Crippen LogP contribution in [0.5, 0.6) is 0 Å². The van der Waals surface area contributed by atoms with E-state index in [1.165, 1.54) is 0 Å². The molecule has 5 nitrogen and oxygen atoms in total. The van der Waals surface area contributed by atoms with Crippen LogP contribution in [0.1, 0.15) is 25.8 Å². The smallest absolute Gasteiger partial charge is 0.237 e. The first-order chi connectivity index (χ1) is 10.1. The van der Waals surface area contributed by atoms with Crippen LogP contribution in [-0.2, 0) is 11.3 Å². The Labute approximate surface area is 125 Å². The normalized spacial score (nSPS) is 12.4. The highest BCUT2D eigenvalue weighted by Gasteiger charge is 2.15. The van der Waals surface area contributed by atoms with Gasteiger partial charge in [-0.3, -0.25) is 4.79 Å². The summed E-state index contributed by atoms with van der Waals surface area (Å²) in [4.78, 5) is 12.0. The zero-order chi connectivity index (χ0) is 15.2. The van der Waals surface area contributed by atoms with Crippen LogP contribution < -0.4 is 11.1 Å². The number of nitrogens with two attached hydrogens (primary N) is 1. The van der Waals surface area contributed by atoms with Crippen molar-refractivity contribution in [2.45, 2.75) is 32.9 Å². The SMILES string of the molecule is CC(C)C[C@@H](N)C(=O)NCc1ccccc1-n1cccn1. The maximum absolute atomic E-state index is 12.0. The predicted molar refractivity (Wildman–Crippen MR) is 82.8 cm³/mol. The molecule has 1 aromatic heterocycles. The van der Waals surface area contributed by atoms with Crippen molar-refractivity contribution in [1.29, 1.82) is 0 Å². The fraction of sp³-hybridized carbons (Fsp3) is 0.375. The van der Waals surface area contributed by atoms with E-state index in [1.54, 1.807) is 10.9 Å². The molecule has 3 N–H and O–H groups in total. The summed E-state index contributed by atoms with van der Waals surface area (Å²) in [6.45, 7) is 4.56. The van der Waals surface area contributed by atoms with E-state index < -0.39 is 6.04 Å². The second-order valence-corrected chi connectivity index (χ2v) is 5.53. The lowest BCUT2D eigenvalue weighted by molar-refractivity contribution is -0.122. The molecule has 0 aliphatic heterocycles. The van der Waals surface area contributed by atoms with Crippen molar-refractivity contribution in [2.24, 2.45) is 11.7 Å². The Morgan fingerprint density at radius 2 is 2.10 bits per heavy atom. The van der Waals surface area contributed by atoms with Gasteiger partial charge in [-0.05, 0) is 30.0 Å². The Morgan fingerprint density at radius 1 is 1.33 bits per heavy atom. The number of carbonyl (C=O) groups excluding carboxylic acids is 1. The molecule has 0 bridgehead atoms. The molecule has 0 radical (unpaired) electrons. The third-order valence-electron chi connectivity index (χ3n) is 3.26. The second-order valence-electron chi connectivity index (χ2n) is 5.53. The van der Waals surface area contributed by atoms with Crippen LogP contribution in [0.3, 0.4) is 0 Å². The maximum atomic E-state index is 12.0. The fourth-order valence-electron chi connectivity index (χ4n) is 2.22. The number of para-hydroxylation sites is 1. The summed E-state index contributed by atoms with van der Waals surface area (Å²) >= 11 is 0. The molecule has 1 aromatic carbocycles. The zero-order valence-corrected chi connectivity index (χ0v) is 12.5. The molecular weight excluding hydrogens is 264 g/mol. The number of carbonyl (C=O) groups is 1. The molecule has 5 heteroatoms. The Balaban J connectivity index is 2.02. The van der Waals surface area contributed by atoms with Crippen molar-refractivity contribution in [2.75, 3.05) is 0 Å². The van der Waals surface area contributed by atoms with Crippen LogP contribution in [0.4, 0.5) is 0 Å². The molecule has 0 fully saturated rings. The van der Waals surface area contributed by atoms with E-state index in [2.05, 4.69) is 24.3 Å². The predicted octanol–water partition coefficient (Wildman–Crippen LogP) is 1.86. The Hall–Kier alpha value is -2.14. The van der Waals surface area contributed by atoms with Crippen LogP contribution in [-0.4, -0.2) is 21.7 Å². The molecule has 2 rings (SSSR count). The third-order valence-corrected chi connectivity index (χ3v) is 3.26. The number of amides is 1. The van der Waals surface area contributed by atoms with Gasteiger partial charge in [-0.25, -0.2) is 4.68 Å². The summed E-state index contributed by atoms with van der Waals surface area (Å²) in [5.41, 5.74) is 7.85. The number of nitrogens with one attached hydrogen (secondary N) is 1. The highest BCUT2D eigenvalue weighted by molar-refractivity contribution is 5.81. The van der Waals surface area contributed by atoms with Crippen molar-refractivity contribution < 1.29 is 4.79 Å². The molecule has 0 saturated heterocycles. The monoisotopic (exact) mass is 286 g/mol. The summed E-state index contributed by atoms with van der Waals surface area (Å²) in [5, 5.41) is 7.13. The van der Waals surface area contributed by atoms with E-state index in [0.29, 0.717) is 18.9 Å². The fourth-order valence-corrected chi connectivity index (χ4v) is 2.22. The molecule has 1 amide bonds. The lowest BCUT2D eigenvalue weighted by Gasteiger charge is -2.15. The number of benzene rings is 1. The van der Waals surface area contributed by atoms with Crippen LogP contribution >= 0.6 is 0 Å². The van der Waals surface area contributed by atoms with Crippen LogP contribution in [0.15, 0.2) is 42.7 Å². The molecular formula is C16H22N4O. The summed E-state index contributed by atoms with van der Waals surface area (Å²) < 4.78 is 1.79. The molecule has 0 saturated carbocycles. The number of aromatic nitrogens is 2. The first-order valence-corrected chi connectivity index (χ1v) is 7.19. The standard InChI is InChI=1S/C16H22N4O/c1-12(2)10-14(17)16(21)18-11-13-6-3-4-7-15(13)20-9-5-8-19-20/h3-9,12,14H,10-11,17H2,1-2H3,(H,18,21)/t14-/m1/s1. The summed E-state index contributed by atoms with van der Waals surface area (Å²) in [7, 11) is 0. The first-order valence-electron chi connectivity index (χ1n) is 7.19. The topological polar surface area (TPSA) is 72.9 Å². The van der Waals surface area contributed by atoms with Gasteiger partial charge in [0.25, 0.3) is 0 Å². The molecule has 0 unspecified atom stereocenters. The Bertz CT molecular complexity index is 578. The van der Waals surface area contributed by atoms with E-state index in [-0.39, 0.29) is 5.91 Å². The van der Waals surface area contributed by atoms with Gasteiger partial charge in [0.05, 0.1) is 11.7 Å². The Kier molecular flexibility index (Phi) is 5.11. The first kappa shape index (κ1) is 15.3. The average molecular weight is 286 g/mol. The zero-order valence-electron chi connectivity index (χ0n) is 12.5. The quantitative estimate of drug-likeness (QED) is 0.851. The summed E-state index contributed by atoms with van der Waals surface area (Å²) in [6, 6.07) is 9.26. The average Bonchev–Trinajstić information content (AvgIpc) is 2.98. The van der Waals surface area contributed by atoms with Crippen molar-refractivity contribution in [3.8, 4) is 5.69 Å². The number of rotatable bonds is 6. The van der Waals surface area contributed by atoms with Gasteiger partial charge in [0.2, 0.25) is 5.91 Å². The molecule has 112 valence electrons. The van der Waals surface area contributed by atoms with Gasteiger partial charge in [0, 0.05) is 18.9 Å². The van der Waals surface area contributed by atoms with E-state index in [1.807, 2.05) is 36.5 Å². The molecule has 0 spiro atoms. The van der Waals surface area contributed by atoms with E-state index >= 15 is 0 Å². The van der Waals surface area contributed by atoms with Gasteiger partial charge in [0.1, 0.15) is 0 Å². The summed E-state index contributed by atoms with van der Waals surface area (Å²) in [6.07, 6.45) is 4.30. The second kappa shape index (κ2) is 7.04. The number of hydrogen-bond donors (Lipinski definition) is 2. The lowest BCUT2D eigenvalue weighted by Crippen LogP contribution is -2.41. The van der Waals surface area contributed by atoms with Gasteiger partial charge >= 0.3 is 0 Å². The largest absolute Gasteiger partial charge is 0.351 e. The van der Waals surface area contributed by atoms with E-state index in [0.717, 1.165) is 11.3 Å². The molecule has 21 heavy (non-hydrogen) atoms. The number of hydrogen-bond acceptors (Lipinski definition) is 3. The maximum Gasteiger partial charge on any atom is 0.237 e. The van der Waals surface area contributed by atoms with Crippen molar-refractivity contribution >= 4 is 5.91 Å². The van der Waals surface area contributed by atoms with Gasteiger partial charge < -0.3 is 11.1 Å². The van der Waals surface area contributed by atoms with Gasteiger partial charge in [-0.2, -0.15) is 5.10 Å². The lowest BCUT2D eigenvalue weighted by atomic mass is 10.0. The number of nitrogens with zero attached hydrogens (tertiary/aromatic N) is 2. The van der Waals surface area contributed by atoms with Gasteiger partial charge in [-0.15, -0.1) is 0 Å². The molecule has 1 heterocycles. The molecule has 0 aliphatic rings. The van der Waals surface area contributed by atoms with Crippen LogP contribution in [0.2, 0.25) is 0 Å². The minimum absolute atomic E-state index is 0.112. The van der Waals surface area contributed by atoms with Gasteiger partial charge in [-0.1, -0.05) is 32.0 Å². The van der Waals surface area contributed by atoms with Crippen molar-refractivity contribution in [1.82, 2.24) is 15.1 Å². The van der Waals surface area contributed by atoms with Crippen LogP contribution in [0, 0.1) is 5.92 Å². The molecule has 0 aliphatic carbocycles. The molecule has 2 aromatic rings. The van der Waals surface area contributed by atoms with Crippen molar-refractivity contribution in [3.05, 3.63) is 48.3 Å². The third kappa shape index (κ3) is 4.16. The minimum atomic E-state index is -0.457. The highest BCUT2D eigenvalue weighted by atomic mass is 16.2. The highest BCUT2D eigenvalue weighted by Crippen LogP contribution is 2.13. The van der Waals surface area contributed by atoms with E-state index in [9.17, 15) is 4.79 Å². The minimum Gasteiger partial charge on any atom is -0.351 e.